The van der Waals surface area contributed by atoms with Crippen LogP contribution in [0.3, 0.4) is 0 Å². The van der Waals surface area contributed by atoms with Crippen molar-refractivity contribution in [3.63, 3.8) is 0 Å². The Labute approximate surface area is 142 Å². The van der Waals surface area contributed by atoms with Gasteiger partial charge in [-0.25, -0.2) is 4.79 Å². The Morgan fingerprint density at radius 2 is 2.32 bits per heavy atom. The molecule has 0 saturated heterocycles. The molecule has 2 heterocycles. The predicted octanol–water partition coefficient (Wildman–Crippen LogP) is 3.52. The molecule has 4 nitrogen and oxygen atoms in total. The maximum Gasteiger partial charge on any atom is 0.346 e. The zero-order valence-corrected chi connectivity index (χ0v) is 14.4. The number of thiocarbonyl (C=S) groups is 1. The van der Waals surface area contributed by atoms with Crippen molar-refractivity contribution in [2.45, 2.75) is 13.3 Å². The lowest BCUT2D eigenvalue weighted by Crippen LogP contribution is -2.28. The van der Waals surface area contributed by atoms with Crippen LogP contribution in [0.5, 0.6) is 0 Å². The van der Waals surface area contributed by atoms with Gasteiger partial charge in [0.2, 0.25) is 0 Å². The summed E-state index contributed by atoms with van der Waals surface area (Å²) in [6.07, 6.45) is 2.29. The molecule has 0 saturated carbocycles. The van der Waals surface area contributed by atoms with Crippen LogP contribution < -0.4 is 5.32 Å². The van der Waals surface area contributed by atoms with E-state index in [1.165, 1.54) is 23.1 Å². The summed E-state index contributed by atoms with van der Waals surface area (Å²) in [6, 6.07) is 3.53. The molecule has 1 N–H and O–H groups in total. The Balaban J connectivity index is 2.30. The van der Waals surface area contributed by atoms with E-state index in [0.717, 1.165) is 0 Å². The monoisotopic (exact) mass is 353 g/mol. The highest BCUT2D eigenvalue weighted by molar-refractivity contribution is 8.26. The van der Waals surface area contributed by atoms with E-state index >= 15 is 0 Å². The zero-order valence-electron chi connectivity index (χ0n) is 12.0. The average molecular weight is 353 g/mol. The van der Waals surface area contributed by atoms with E-state index in [2.05, 4.69) is 11.9 Å². The number of esters is 1. The smallest absolute Gasteiger partial charge is 0.346 e. The number of nitrogens with one attached hydrogen (secondary N) is 1. The standard InChI is InChI=1S/C15H15NO3S3/c1-3-6-9-11(16-13(17)10-7-5-8-21-10)12(22-15(9)20)14(18)19-4-2/h3,5,7-9H,1,4,6H2,2H3,(H,16,17). The van der Waals surface area contributed by atoms with Gasteiger partial charge in [0.05, 0.1) is 15.7 Å². The van der Waals surface area contributed by atoms with Crippen LogP contribution in [0.4, 0.5) is 0 Å². The van der Waals surface area contributed by atoms with Gasteiger partial charge in [-0.15, -0.1) is 17.9 Å². The van der Waals surface area contributed by atoms with Crippen LogP contribution in [-0.4, -0.2) is 22.7 Å². The number of hydrogen-bond acceptors (Lipinski definition) is 6. The van der Waals surface area contributed by atoms with Crippen molar-refractivity contribution in [2.75, 3.05) is 6.61 Å². The minimum atomic E-state index is -0.456. The minimum Gasteiger partial charge on any atom is -0.462 e. The molecule has 1 amide bonds. The molecule has 1 aliphatic heterocycles. The third-order valence-corrected chi connectivity index (χ3v) is 5.42. The highest BCUT2D eigenvalue weighted by Crippen LogP contribution is 2.40. The largest absolute Gasteiger partial charge is 0.462 e. The minimum absolute atomic E-state index is 0.208. The fraction of sp³-hybridized carbons (Fsp3) is 0.267. The Morgan fingerprint density at radius 3 is 2.91 bits per heavy atom. The van der Waals surface area contributed by atoms with Crippen LogP contribution in [0.15, 0.2) is 40.8 Å². The second kappa shape index (κ2) is 7.71. The van der Waals surface area contributed by atoms with E-state index in [1.54, 1.807) is 25.1 Å². The zero-order chi connectivity index (χ0) is 16.1. The Kier molecular flexibility index (Phi) is 5.93. The van der Waals surface area contributed by atoms with Gasteiger partial charge in [-0.05, 0) is 24.8 Å². The van der Waals surface area contributed by atoms with Crippen LogP contribution in [-0.2, 0) is 9.53 Å². The number of carbonyl (C=O) groups is 2. The third kappa shape index (κ3) is 3.66. The predicted molar refractivity (Wildman–Crippen MR) is 93.9 cm³/mol. The summed E-state index contributed by atoms with van der Waals surface area (Å²) in [6.45, 7) is 5.72. The first-order valence-electron chi connectivity index (χ1n) is 6.67. The van der Waals surface area contributed by atoms with Gasteiger partial charge in [0.25, 0.3) is 5.91 Å². The van der Waals surface area contributed by atoms with E-state index in [-0.39, 0.29) is 18.4 Å². The molecule has 1 unspecified atom stereocenters. The van der Waals surface area contributed by atoms with Gasteiger partial charge >= 0.3 is 5.97 Å². The summed E-state index contributed by atoms with van der Waals surface area (Å²) in [7, 11) is 0. The number of ether oxygens (including phenoxy) is 1. The van der Waals surface area contributed by atoms with Crippen molar-refractivity contribution in [1.82, 2.24) is 5.32 Å². The Morgan fingerprint density at radius 1 is 1.55 bits per heavy atom. The average Bonchev–Trinajstić information content (AvgIpc) is 3.11. The van der Waals surface area contributed by atoms with Crippen molar-refractivity contribution in [2.24, 2.45) is 5.92 Å². The van der Waals surface area contributed by atoms with Gasteiger partial charge in [0.15, 0.2) is 0 Å². The lowest BCUT2D eigenvalue weighted by molar-refractivity contribution is -0.137. The molecule has 0 fully saturated rings. The lowest BCUT2D eigenvalue weighted by Gasteiger charge is -2.14. The molecule has 1 aromatic rings. The maximum absolute atomic E-state index is 12.3. The molecule has 7 heteroatoms. The van der Waals surface area contributed by atoms with Gasteiger partial charge in [0, 0.05) is 11.6 Å². The molecular weight excluding hydrogens is 338 g/mol. The second-order valence-electron chi connectivity index (χ2n) is 4.39. The van der Waals surface area contributed by atoms with Gasteiger partial charge in [-0.1, -0.05) is 36.1 Å². The van der Waals surface area contributed by atoms with Gasteiger partial charge in [-0.2, -0.15) is 0 Å². The normalized spacial score (nSPS) is 17.5. The van der Waals surface area contributed by atoms with Crippen LogP contribution in [0.2, 0.25) is 0 Å². The van der Waals surface area contributed by atoms with Crippen LogP contribution in [0.1, 0.15) is 23.0 Å². The maximum atomic E-state index is 12.3. The third-order valence-electron chi connectivity index (χ3n) is 2.94. The first-order valence-corrected chi connectivity index (χ1v) is 8.77. The second-order valence-corrected chi connectivity index (χ2v) is 7.09. The summed E-state index contributed by atoms with van der Waals surface area (Å²) in [4.78, 5) is 25.3. The fourth-order valence-corrected chi connectivity index (χ4v) is 4.05. The summed E-state index contributed by atoms with van der Waals surface area (Å²) < 4.78 is 5.69. The molecule has 0 aliphatic carbocycles. The Bertz CT molecular complexity index is 634. The summed E-state index contributed by atoms with van der Waals surface area (Å²) in [5.74, 6) is -0.908. The van der Waals surface area contributed by atoms with E-state index in [9.17, 15) is 9.59 Å². The fourth-order valence-electron chi connectivity index (χ4n) is 1.97. The number of hydrogen-bond donors (Lipinski definition) is 1. The number of allylic oxidation sites excluding steroid dienone is 2. The molecule has 1 atom stereocenters. The van der Waals surface area contributed by atoms with E-state index in [1.807, 2.05) is 5.38 Å². The number of rotatable bonds is 6. The number of amides is 1. The molecule has 2 rings (SSSR count). The molecule has 0 spiro atoms. The van der Waals surface area contributed by atoms with Crippen molar-refractivity contribution < 1.29 is 14.3 Å². The van der Waals surface area contributed by atoms with E-state index in [4.69, 9.17) is 17.0 Å². The SMILES string of the molecule is C=CCC1C(=S)SC(C(=O)OCC)=C1NC(=O)c1cccs1. The number of carbonyl (C=O) groups excluding carboxylic acids is 2. The van der Waals surface area contributed by atoms with E-state index < -0.39 is 5.97 Å². The number of thioether (sulfide) groups is 1. The molecule has 0 radical (unpaired) electrons. The first-order chi connectivity index (χ1) is 10.6. The molecule has 116 valence electrons. The van der Waals surface area contributed by atoms with Gasteiger partial charge in [-0.3, -0.25) is 4.79 Å². The topological polar surface area (TPSA) is 55.4 Å². The lowest BCUT2D eigenvalue weighted by atomic mass is 10.0. The first kappa shape index (κ1) is 16.9. The van der Waals surface area contributed by atoms with Gasteiger partial charge in [0.1, 0.15) is 4.91 Å². The molecule has 1 aliphatic rings. The van der Waals surface area contributed by atoms with Crippen molar-refractivity contribution in [3.8, 4) is 0 Å². The molecule has 0 aromatic carbocycles. The summed E-state index contributed by atoms with van der Waals surface area (Å²) in [5, 5.41) is 4.65. The van der Waals surface area contributed by atoms with Crippen LogP contribution in [0.25, 0.3) is 0 Å². The molecular formula is C15H15NO3S3. The Hall–Kier alpha value is -1.44. The highest BCUT2D eigenvalue weighted by Gasteiger charge is 2.35. The van der Waals surface area contributed by atoms with Crippen molar-refractivity contribution in [3.05, 3.63) is 45.6 Å². The van der Waals surface area contributed by atoms with Crippen LogP contribution in [0, 0.1) is 5.92 Å². The van der Waals surface area contributed by atoms with Gasteiger partial charge < -0.3 is 10.1 Å². The summed E-state index contributed by atoms with van der Waals surface area (Å²) >= 11 is 7.86. The van der Waals surface area contributed by atoms with Crippen molar-refractivity contribution >= 4 is 51.4 Å². The van der Waals surface area contributed by atoms with Crippen LogP contribution >= 0.6 is 35.3 Å². The summed E-state index contributed by atoms with van der Waals surface area (Å²) in [5.41, 5.74) is 0.520. The molecule has 0 bridgehead atoms. The number of thiophene rings is 1. The van der Waals surface area contributed by atoms with Crippen molar-refractivity contribution in [1.29, 1.82) is 0 Å². The molecule has 1 aromatic heterocycles. The highest BCUT2D eigenvalue weighted by atomic mass is 32.2. The van der Waals surface area contributed by atoms with E-state index in [0.29, 0.717) is 26.1 Å². The quantitative estimate of drug-likeness (QED) is 0.482. The molecule has 22 heavy (non-hydrogen) atoms.